The minimum absolute atomic E-state index is 0.0591. The van der Waals surface area contributed by atoms with Crippen LogP contribution in [-0.2, 0) is 4.79 Å². The number of hydrogen-bond donors (Lipinski definition) is 2. The van der Waals surface area contributed by atoms with E-state index in [1.54, 1.807) is 13.8 Å². The molecule has 0 radical (unpaired) electrons. The van der Waals surface area contributed by atoms with Crippen molar-refractivity contribution >= 4 is 11.9 Å². The summed E-state index contributed by atoms with van der Waals surface area (Å²) in [6.45, 7) is 4.05. The van der Waals surface area contributed by atoms with E-state index in [-0.39, 0.29) is 23.5 Å². The van der Waals surface area contributed by atoms with Gasteiger partial charge in [-0.1, -0.05) is 6.92 Å². The van der Waals surface area contributed by atoms with Crippen molar-refractivity contribution in [3.63, 3.8) is 0 Å². The molecule has 1 saturated heterocycles. The molecular formula is C13H16N2O4. The lowest BCUT2D eigenvalue weighted by molar-refractivity contribution is -0.142. The first-order valence-electron chi connectivity index (χ1n) is 6.11. The van der Waals surface area contributed by atoms with Crippen LogP contribution in [0.5, 0.6) is 0 Å². The molecule has 0 aromatic carbocycles. The summed E-state index contributed by atoms with van der Waals surface area (Å²) in [5.74, 6) is -1.98. The number of carbonyl (C=O) groups is 2. The number of aromatic amines is 1. The van der Waals surface area contributed by atoms with E-state index < -0.39 is 17.8 Å². The third-order valence-electron chi connectivity index (χ3n) is 3.50. The van der Waals surface area contributed by atoms with Crippen LogP contribution in [0.25, 0.3) is 0 Å². The maximum Gasteiger partial charge on any atom is 0.308 e. The lowest BCUT2D eigenvalue weighted by Crippen LogP contribution is -2.33. The molecule has 0 bridgehead atoms. The Balaban J connectivity index is 2.22. The van der Waals surface area contributed by atoms with Crippen LogP contribution in [0.1, 0.15) is 23.0 Å². The number of aromatic nitrogens is 1. The number of nitrogens with one attached hydrogen (secondary N) is 1. The molecule has 6 nitrogen and oxygen atoms in total. The van der Waals surface area contributed by atoms with Gasteiger partial charge in [-0.05, 0) is 12.8 Å². The zero-order valence-electron chi connectivity index (χ0n) is 10.8. The average Bonchev–Trinajstić information content (AvgIpc) is 2.70. The fraction of sp³-hybridized carbons (Fsp3) is 0.462. The van der Waals surface area contributed by atoms with Gasteiger partial charge in [0.25, 0.3) is 5.91 Å². The number of carboxylic acid groups (broad SMARTS) is 1. The molecule has 1 aliphatic heterocycles. The van der Waals surface area contributed by atoms with Gasteiger partial charge in [-0.25, -0.2) is 0 Å². The normalized spacial score (nSPS) is 22.5. The van der Waals surface area contributed by atoms with Gasteiger partial charge in [0.05, 0.1) is 5.92 Å². The monoisotopic (exact) mass is 264 g/mol. The van der Waals surface area contributed by atoms with Crippen molar-refractivity contribution in [2.75, 3.05) is 13.1 Å². The fourth-order valence-corrected chi connectivity index (χ4v) is 2.36. The zero-order valence-corrected chi connectivity index (χ0v) is 10.8. The second-order valence-electron chi connectivity index (χ2n) is 5.03. The minimum Gasteiger partial charge on any atom is -0.481 e. The Labute approximate surface area is 110 Å². The number of hydrogen-bond acceptors (Lipinski definition) is 3. The third-order valence-corrected chi connectivity index (χ3v) is 3.50. The SMILES string of the molecule is Cc1cc(=O)c(C(=O)N2CC(C)C(C(=O)O)C2)c[nH]1. The van der Waals surface area contributed by atoms with Crippen molar-refractivity contribution < 1.29 is 14.7 Å². The van der Waals surface area contributed by atoms with Crippen molar-refractivity contribution in [2.24, 2.45) is 11.8 Å². The summed E-state index contributed by atoms with van der Waals surface area (Å²) >= 11 is 0. The second-order valence-corrected chi connectivity index (χ2v) is 5.03. The maximum atomic E-state index is 12.2. The second kappa shape index (κ2) is 4.87. The van der Waals surface area contributed by atoms with E-state index in [0.29, 0.717) is 12.2 Å². The molecule has 2 heterocycles. The molecule has 0 aliphatic carbocycles. The number of amides is 1. The molecule has 1 aliphatic rings. The number of rotatable bonds is 2. The number of H-pyrrole nitrogens is 1. The topological polar surface area (TPSA) is 90.5 Å². The molecule has 1 fully saturated rings. The van der Waals surface area contributed by atoms with Gasteiger partial charge in [-0.2, -0.15) is 0 Å². The number of aryl methyl sites for hydroxylation is 1. The summed E-state index contributed by atoms with van der Waals surface area (Å²) in [5, 5.41) is 9.04. The average molecular weight is 264 g/mol. The molecule has 1 aromatic rings. The number of aliphatic carboxylic acids is 1. The van der Waals surface area contributed by atoms with Crippen molar-refractivity contribution in [1.82, 2.24) is 9.88 Å². The van der Waals surface area contributed by atoms with E-state index in [4.69, 9.17) is 5.11 Å². The highest BCUT2D eigenvalue weighted by Crippen LogP contribution is 2.24. The molecule has 2 unspecified atom stereocenters. The molecule has 2 N–H and O–H groups in total. The standard InChI is InChI=1S/C13H16N2O4/c1-7-5-15(6-10(7)13(18)19)12(17)9-4-14-8(2)3-11(9)16/h3-4,7,10H,5-6H2,1-2H3,(H,14,16)(H,18,19). The Morgan fingerprint density at radius 2 is 2.11 bits per heavy atom. The van der Waals surface area contributed by atoms with Gasteiger partial charge >= 0.3 is 5.97 Å². The molecule has 0 spiro atoms. The van der Waals surface area contributed by atoms with Crippen molar-refractivity contribution in [3.05, 3.63) is 33.7 Å². The first-order chi connectivity index (χ1) is 8.90. The quantitative estimate of drug-likeness (QED) is 0.812. The van der Waals surface area contributed by atoms with Gasteiger partial charge in [0.15, 0.2) is 5.43 Å². The lowest BCUT2D eigenvalue weighted by atomic mass is 9.99. The van der Waals surface area contributed by atoms with Crippen LogP contribution in [-0.4, -0.2) is 40.0 Å². The van der Waals surface area contributed by atoms with Gasteiger partial charge in [-0.3, -0.25) is 14.4 Å². The Bertz CT molecular complexity index is 578. The summed E-state index contributed by atoms with van der Waals surface area (Å²) in [7, 11) is 0. The smallest absolute Gasteiger partial charge is 0.308 e. The lowest BCUT2D eigenvalue weighted by Gasteiger charge is -2.15. The Kier molecular flexibility index (Phi) is 3.42. The van der Waals surface area contributed by atoms with Gasteiger partial charge in [0, 0.05) is 31.0 Å². The molecule has 2 rings (SSSR count). The summed E-state index contributed by atoms with van der Waals surface area (Å²) in [6, 6.07) is 1.36. The number of pyridine rings is 1. The molecule has 1 aromatic heterocycles. The molecule has 6 heteroatoms. The largest absolute Gasteiger partial charge is 0.481 e. The Hall–Kier alpha value is -2.11. The van der Waals surface area contributed by atoms with E-state index in [2.05, 4.69) is 4.98 Å². The predicted molar refractivity (Wildman–Crippen MR) is 68.0 cm³/mol. The summed E-state index contributed by atoms with van der Waals surface area (Å²) in [4.78, 5) is 39.2. The van der Waals surface area contributed by atoms with Crippen LogP contribution >= 0.6 is 0 Å². The highest BCUT2D eigenvalue weighted by atomic mass is 16.4. The Morgan fingerprint density at radius 1 is 1.42 bits per heavy atom. The molecule has 102 valence electrons. The van der Waals surface area contributed by atoms with E-state index in [0.717, 1.165) is 0 Å². The third kappa shape index (κ3) is 2.52. The van der Waals surface area contributed by atoms with Crippen molar-refractivity contribution in [1.29, 1.82) is 0 Å². The number of carbonyl (C=O) groups excluding carboxylic acids is 1. The van der Waals surface area contributed by atoms with E-state index in [1.807, 2.05) is 0 Å². The summed E-state index contributed by atoms with van der Waals surface area (Å²) in [6.07, 6.45) is 1.39. The van der Waals surface area contributed by atoms with Gasteiger partial charge in [-0.15, -0.1) is 0 Å². The van der Waals surface area contributed by atoms with Crippen molar-refractivity contribution in [2.45, 2.75) is 13.8 Å². The van der Waals surface area contributed by atoms with Crippen LogP contribution in [0, 0.1) is 18.8 Å². The maximum absolute atomic E-state index is 12.2. The first kappa shape index (κ1) is 13.3. The first-order valence-corrected chi connectivity index (χ1v) is 6.11. The zero-order chi connectivity index (χ0) is 14.2. The van der Waals surface area contributed by atoms with E-state index in [1.165, 1.54) is 17.2 Å². The number of nitrogens with zero attached hydrogens (tertiary/aromatic N) is 1. The Morgan fingerprint density at radius 3 is 2.63 bits per heavy atom. The molecule has 19 heavy (non-hydrogen) atoms. The van der Waals surface area contributed by atoms with Crippen LogP contribution < -0.4 is 5.43 Å². The highest BCUT2D eigenvalue weighted by Gasteiger charge is 2.37. The molecule has 0 saturated carbocycles. The number of carboxylic acids is 1. The van der Waals surface area contributed by atoms with Gasteiger partial charge < -0.3 is 15.0 Å². The van der Waals surface area contributed by atoms with E-state index >= 15 is 0 Å². The van der Waals surface area contributed by atoms with Gasteiger partial charge in [0.2, 0.25) is 0 Å². The molecular weight excluding hydrogens is 248 g/mol. The summed E-state index contributed by atoms with van der Waals surface area (Å²) < 4.78 is 0. The summed E-state index contributed by atoms with van der Waals surface area (Å²) in [5.41, 5.74) is 0.399. The predicted octanol–water partition coefficient (Wildman–Crippen LogP) is 0.476. The van der Waals surface area contributed by atoms with Crippen LogP contribution in [0.2, 0.25) is 0 Å². The highest BCUT2D eigenvalue weighted by molar-refractivity contribution is 5.94. The number of likely N-dealkylation sites (tertiary alicyclic amines) is 1. The molecule has 2 atom stereocenters. The van der Waals surface area contributed by atoms with Gasteiger partial charge in [0.1, 0.15) is 5.56 Å². The van der Waals surface area contributed by atoms with Crippen LogP contribution in [0.3, 0.4) is 0 Å². The van der Waals surface area contributed by atoms with Crippen LogP contribution in [0.4, 0.5) is 0 Å². The van der Waals surface area contributed by atoms with Crippen LogP contribution in [0.15, 0.2) is 17.1 Å². The molecule has 1 amide bonds. The minimum atomic E-state index is -0.902. The fourth-order valence-electron chi connectivity index (χ4n) is 2.36. The van der Waals surface area contributed by atoms with Crippen molar-refractivity contribution in [3.8, 4) is 0 Å². The van der Waals surface area contributed by atoms with E-state index in [9.17, 15) is 14.4 Å².